The monoisotopic (exact) mass is 514 g/mol. The zero-order chi connectivity index (χ0) is 26.1. The summed E-state index contributed by atoms with van der Waals surface area (Å²) in [6.07, 6.45) is -18.9. The van der Waals surface area contributed by atoms with Crippen molar-refractivity contribution >= 4 is 0 Å². The van der Waals surface area contributed by atoms with Crippen molar-refractivity contribution < 1.29 is 88.5 Å². The molecule has 0 heterocycles. The summed E-state index contributed by atoms with van der Waals surface area (Å²) in [4.78, 5) is 0. The Morgan fingerprint density at radius 2 is 0.839 bits per heavy atom. The lowest BCUT2D eigenvalue weighted by atomic mass is 9.93. The van der Waals surface area contributed by atoms with Crippen LogP contribution in [0.2, 0.25) is 0 Å². The summed E-state index contributed by atoms with van der Waals surface area (Å²) in [7, 11) is 0. The molecule has 0 radical (unpaired) electrons. The predicted molar refractivity (Wildman–Crippen MR) is 58.9 cm³/mol. The van der Waals surface area contributed by atoms with E-state index in [4.69, 9.17) is 5.11 Å². The van der Waals surface area contributed by atoms with Gasteiger partial charge in [0.1, 0.15) is 0 Å². The van der Waals surface area contributed by atoms with Crippen molar-refractivity contribution in [2.24, 2.45) is 0 Å². The minimum atomic E-state index is -7.89. The Balaban J connectivity index is 0. The van der Waals surface area contributed by atoms with E-state index < -0.39 is 66.9 Å². The summed E-state index contributed by atoms with van der Waals surface area (Å²) in [6.45, 7) is -1.96. The van der Waals surface area contributed by atoms with Gasteiger partial charge in [-0.05, 0) is 0 Å². The van der Waals surface area contributed by atoms with Gasteiger partial charge in [0, 0.05) is 13.0 Å². The lowest BCUT2D eigenvalue weighted by Gasteiger charge is -2.39. The molecule has 0 saturated heterocycles. The van der Waals surface area contributed by atoms with Crippen LogP contribution in [0, 0.1) is 0 Å². The minimum absolute atomic E-state index is 1.96. The summed E-state index contributed by atoms with van der Waals surface area (Å²) in [5.74, 6) is -40.2. The molecule has 0 aromatic rings. The Morgan fingerprint density at radius 3 is 1.03 bits per heavy atom. The molecule has 0 rings (SSSR count). The third kappa shape index (κ3) is 5.99. The van der Waals surface area contributed by atoms with Crippen molar-refractivity contribution in [3.05, 3.63) is 11.9 Å². The van der Waals surface area contributed by atoms with Crippen LogP contribution < -0.4 is 0 Å². The summed E-state index contributed by atoms with van der Waals surface area (Å²) >= 11 is 0. The zero-order valence-corrected chi connectivity index (χ0v) is 13.5. The van der Waals surface area contributed by atoms with Gasteiger partial charge in [0.2, 0.25) is 0 Å². The fourth-order valence-electron chi connectivity index (χ4n) is 1.21. The van der Waals surface area contributed by atoms with Gasteiger partial charge in [-0.25, -0.2) is 0 Å². The first-order chi connectivity index (χ1) is 13.2. The lowest BCUT2D eigenvalue weighted by Crippen LogP contribution is -2.70. The highest BCUT2D eigenvalue weighted by atomic mass is 19.4. The van der Waals surface area contributed by atoms with Crippen LogP contribution in [0.25, 0.3) is 0 Å². The molecule has 188 valence electrons. The van der Waals surface area contributed by atoms with Crippen LogP contribution in [-0.2, 0) is 0 Å². The van der Waals surface area contributed by atoms with Crippen molar-refractivity contribution in [1.29, 1.82) is 0 Å². The molecular weight excluding hydrogens is 509 g/mol. The summed E-state index contributed by atoms with van der Waals surface area (Å²) in [5.41, 5.74) is 0. The van der Waals surface area contributed by atoms with E-state index in [2.05, 4.69) is 0 Å². The second kappa shape index (κ2) is 9.08. The van der Waals surface area contributed by atoms with E-state index in [1.165, 1.54) is 0 Å². The molecule has 0 aromatic heterocycles. The number of hydrogen-bond donors (Lipinski definition) is 1. The number of aliphatic hydroxyl groups is 1. The first-order valence-corrected chi connectivity index (χ1v) is 6.51. The maximum atomic E-state index is 12.8. The Morgan fingerprint density at radius 1 is 0.516 bits per heavy atom. The van der Waals surface area contributed by atoms with Crippen molar-refractivity contribution in [2.45, 2.75) is 48.4 Å². The molecule has 0 aliphatic heterocycles. The van der Waals surface area contributed by atoms with Crippen LogP contribution in [0.5, 0.6) is 0 Å². The molecule has 0 aliphatic rings. The van der Waals surface area contributed by atoms with E-state index in [9.17, 15) is 83.4 Å². The molecule has 0 saturated carbocycles. The molecule has 31 heavy (non-hydrogen) atoms. The average Bonchev–Trinajstić information content (AvgIpc) is 2.51. The average molecular weight is 514 g/mol. The second-order valence-corrected chi connectivity index (χ2v) is 5.05. The second-order valence-electron chi connectivity index (χ2n) is 5.05. The highest BCUT2D eigenvalue weighted by Gasteiger charge is 2.90. The van der Waals surface area contributed by atoms with Crippen LogP contribution in [0.3, 0.4) is 0 Å². The number of halogens is 19. The van der Waals surface area contributed by atoms with Crippen LogP contribution >= 0.6 is 0 Å². The Labute approximate surface area is 157 Å². The number of aliphatic hydroxyl groups excluding tert-OH is 1. The fraction of sp³-hybridized carbons (Fsp3) is 0.818. The fourth-order valence-corrected chi connectivity index (χ4v) is 1.21. The van der Waals surface area contributed by atoms with Gasteiger partial charge in [-0.1, -0.05) is 0 Å². The lowest BCUT2D eigenvalue weighted by molar-refractivity contribution is -0.440. The number of allylic oxidation sites excluding steroid dienone is 1. The van der Waals surface area contributed by atoms with Gasteiger partial charge in [-0.3, -0.25) is 0 Å². The topological polar surface area (TPSA) is 20.2 Å². The third-order valence-corrected chi connectivity index (χ3v) is 2.84. The van der Waals surface area contributed by atoms with Gasteiger partial charge >= 0.3 is 48.0 Å². The van der Waals surface area contributed by atoms with Gasteiger partial charge < -0.3 is 5.11 Å². The van der Waals surface area contributed by atoms with Gasteiger partial charge in [-0.2, -0.15) is 83.4 Å². The molecule has 0 amide bonds. The van der Waals surface area contributed by atoms with E-state index in [1.807, 2.05) is 0 Å². The standard InChI is InChI=1S/C8H5F13O.C3F6/c9-3(10,1-2-22)4(11,12)5(13,14)6(15,16)7(17,18)8(19,20)21;4-1(2(5)6)3(7,8)9/h22H,1-2H2;. The highest BCUT2D eigenvalue weighted by molar-refractivity contribution is 5.10. The van der Waals surface area contributed by atoms with Crippen molar-refractivity contribution in [2.75, 3.05) is 6.61 Å². The van der Waals surface area contributed by atoms with Crippen LogP contribution in [0.15, 0.2) is 11.9 Å². The molecule has 0 atom stereocenters. The molecule has 0 unspecified atom stereocenters. The molecule has 0 spiro atoms. The van der Waals surface area contributed by atoms with Crippen LogP contribution in [0.1, 0.15) is 6.42 Å². The molecule has 20 heteroatoms. The van der Waals surface area contributed by atoms with E-state index in [1.54, 1.807) is 0 Å². The summed E-state index contributed by atoms with van der Waals surface area (Å²) in [6, 6.07) is 0. The quantitative estimate of drug-likeness (QED) is 0.390. The molecule has 1 N–H and O–H groups in total. The van der Waals surface area contributed by atoms with E-state index in [0.29, 0.717) is 0 Å². The predicted octanol–water partition coefficient (Wildman–Crippen LogP) is 6.73. The van der Waals surface area contributed by atoms with Crippen LogP contribution in [-0.4, -0.2) is 53.7 Å². The molecule has 0 fully saturated rings. The van der Waals surface area contributed by atoms with Crippen molar-refractivity contribution in [3.8, 4) is 0 Å². The molecule has 1 nitrogen and oxygen atoms in total. The largest absolute Gasteiger partial charge is 0.460 e. The van der Waals surface area contributed by atoms with E-state index >= 15 is 0 Å². The highest BCUT2D eigenvalue weighted by Crippen LogP contribution is 2.60. The van der Waals surface area contributed by atoms with Crippen molar-refractivity contribution in [3.63, 3.8) is 0 Å². The normalized spacial score (nSPS) is 14.7. The Hall–Kier alpha value is -1.63. The first-order valence-electron chi connectivity index (χ1n) is 6.51. The third-order valence-electron chi connectivity index (χ3n) is 2.84. The molecular formula is C11H5F19O. The summed E-state index contributed by atoms with van der Waals surface area (Å²) in [5, 5.41) is 7.95. The number of alkyl halides is 16. The number of hydrogen-bond acceptors (Lipinski definition) is 1. The van der Waals surface area contributed by atoms with Gasteiger partial charge in [-0.15, -0.1) is 0 Å². The van der Waals surface area contributed by atoms with Gasteiger partial charge in [0.15, 0.2) is 0 Å². The molecule has 0 bridgehead atoms. The smallest absolute Gasteiger partial charge is 0.396 e. The van der Waals surface area contributed by atoms with E-state index in [-0.39, 0.29) is 0 Å². The van der Waals surface area contributed by atoms with Crippen molar-refractivity contribution in [1.82, 2.24) is 0 Å². The maximum absolute atomic E-state index is 12.8. The SMILES string of the molecule is FC(F)=C(F)C(F)(F)F.OCCC(F)(F)C(F)(F)C(F)(F)C(F)(F)C(F)(F)C(F)(F)F. The van der Waals surface area contributed by atoms with Gasteiger partial charge in [0.05, 0.1) is 0 Å². The van der Waals surface area contributed by atoms with Gasteiger partial charge in [0.25, 0.3) is 5.83 Å². The number of rotatable bonds is 6. The Kier molecular flexibility index (Phi) is 9.25. The maximum Gasteiger partial charge on any atom is 0.460 e. The summed E-state index contributed by atoms with van der Waals surface area (Å²) < 4.78 is 226. The molecule has 0 aliphatic carbocycles. The molecule has 0 aromatic carbocycles. The van der Waals surface area contributed by atoms with E-state index in [0.717, 1.165) is 0 Å². The minimum Gasteiger partial charge on any atom is -0.396 e. The Bertz CT molecular complexity index is 620. The van der Waals surface area contributed by atoms with Crippen LogP contribution in [0.4, 0.5) is 83.4 Å². The first kappa shape index (κ1) is 31.6. The zero-order valence-electron chi connectivity index (χ0n) is 13.5.